The third-order valence-corrected chi connectivity index (χ3v) is 2.65. The third kappa shape index (κ3) is 3.15. The molecular weight excluding hydrogens is 250 g/mol. The van der Waals surface area contributed by atoms with E-state index < -0.39 is 18.7 Å². The number of para-hydroxylation sites is 1. The van der Waals surface area contributed by atoms with E-state index in [9.17, 15) is 9.59 Å². The molecule has 1 amide bonds. The minimum atomic E-state index is -1.20. The van der Waals surface area contributed by atoms with Gasteiger partial charge in [0.05, 0.1) is 5.69 Å². The Labute approximate surface area is 110 Å². The summed E-state index contributed by atoms with van der Waals surface area (Å²) in [6, 6.07) is 5.41. The maximum atomic E-state index is 11.4. The van der Waals surface area contributed by atoms with Crippen LogP contribution < -0.4 is 10.1 Å². The first kappa shape index (κ1) is 13.2. The molecule has 0 aliphatic carbocycles. The first-order valence-corrected chi connectivity index (χ1v) is 5.84. The van der Waals surface area contributed by atoms with Gasteiger partial charge < -0.3 is 14.6 Å². The van der Waals surface area contributed by atoms with Crippen molar-refractivity contribution in [1.82, 2.24) is 0 Å². The van der Waals surface area contributed by atoms with Crippen molar-refractivity contribution in [1.29, 1.82) is 0 Å². The van der Waals surface area contributed by atoms with E-state index in [1.54, 1.807) is 12.1 Å². The molecule has 1 aromatic carbocycles. The fraction of sp³-hybridized carbons (Fsp3) is 0.385. The highest BCUT2D eigenvalue weighted by Crippen LogP contribution is 2.40. The van der Waals surface area contributed by atoms with Gasteiger partial charge in [-0.2, -0.15) is 0 Å². The van der Waals surface area contributed by atoms with Crippen molar-refractivity contribution >= 4 is 17.7 Å². The van der Waals surface area contributed by atoms with Gasteiger partial charge in [0.15, 0.2) is 6.61 Å². The summed E-state index contributed by atoms with van der Waals surface area (Å²) in [5, 5.41) is 10.9. The van der Waals surface area contributed by atoms with E-state index in [0.717, 1.165) is 12.0 Å². The summed E-state index contributed by atoms with van der Waals surface area (Å²) in [6.07, 6.45) is -0.0636. The number of anilines is 1. The van der Waals surface area contributed by atoms with Crippen LogP contribution in [0.2, 0.25) is 0 Å². The van der Waals surface area contributed by atoms with Crippen molar-refractivity contribution in [3.05, 3.63) is 23.8 Å². The Morgan fingerprint density at radius 1 is 1.47 bits per heavy atom. The van der Waals surface area contributed by atoms with E-state index in [0.29, 0.717) is 11.4 Å². The molecule has 2 rings (SSSR count). The normalized spacial score (nSPS) is 15.3. The molecule has 102 valence electrons. The average molecular weight is 265 g/mol. The molecule has 0 bridgehead atoms. The SMILES string of the molecule is CC1(C)Cc2cccc(NC(=O)OCC(=O)O)c2O1. The second kappa shape index (κ2) is 4.79. The standard InChI is InChI=1S/C13H15NO5/c1-13(2)6-8-4-3-5-9(11(8)19-13)14-12(17)18-7-10(15)16/h3-5H,6-7H2,1-2H3,(H,14,17)(H,15,16). The maximum Gasteiger partial charge on any atom is 0.412 e. The highest BCUT2D eigenvalue weighted by molar-refractivity contribution is 5.88. The zero-order chi connectivity index (χ0) is 14.0. The lowest BCUT2D eigenvalue weighted by molar-refractivity contribution is -0.140. The van der Waals surface area contributed by atoms with Gasteiger partial charge in [-0.1, -0.05) is 12.1 Å². The number of carbonyl (C=O) groups excluding carboxylic acids is 1. The van der Waals surface area contributed by atoms with Crippen molar-refractivity contribution in [2.24, 2.45) is 0 Å². The van der Waals surface area contributed by atoms with Crippen LogP contribution in [0.1, 0.15) is 19.4 Å². The van der Waals surface area contributed by atoms with E-state index in [4.69, 9.17) is 9.84 Å². The van der Waals surface area contributed by atoms with Crippen LogP contribution in [0.4, 0.5) is 10.5 Å². The summed E-state index contributed by atoms with van der Waals surface area (Å²) in [7, 11) is 0. The van der Waals surface area contributed by atoms with Crippen LogP contribution in [0.5, 0.6) is 5.75 Å². The molecule has 0 radical (unpaired) electrons. The molecule has 0 saturated carbocycles. The summed E-state index contributed by atoms with van der Waals surface area (Å²) in [5.41, 5.74) is 1.17. The number of rotatable bonds is 3. The number of carbonyl (C=O) groups is 2. The molecule has 6 nitrogen and oxygen atoms in total. The molecule has 1 aliphatic heterocycles. The number of nitrogens with one attached hydrogen (secondary N) is 1. The molecule has 0 spiro atoms. The van der Waals surface area contributed by atoms with E-state index >= 15 is 0 Å². The lowest BCUT2D eigenvalue weighted by Crippen LogP contribution is -2.25. The molecule has 0 aromatic heterocycles. The molecule has 2 N–H and O–H groups in total. The second-order valence-corrected chi connectivity index (χ2v) is 4.93. The van der Waals surface area contributed by atoms with Crippen molar-refractivity contribution in [3.8, 4) is 5.75 Å². The van der Waals surface area contributed by atoms with Crippen LogP contribution in [-0.4, -0.2) is 29.4 Å². The molecule has 0 fully saturated rings. The third-order valence-electron chi connectivity index (χ3n) is 2.65. The Kier molecular flexibility index (Phi) is 3.33. The van der Waals surface area contributed by atoms with Crippen LogP contribution >= 0.6 is 0 Å². The molecule has 19 heavy (non-hydrogen) atoms. The van der Waals surface area contributed by atoms with Crippen molar-refractivity contribution in [3.63, 3.8) is 0 Å². The Hall–Kier alpha value is -2.24. The first-order chi connectivity index (χ1) is 8.87. The number of hydrogen-bond acceptors (Lipinski definition) is 4. The largest absolute Gasteiger partial charge is 0.485 e. The van der Waals surface area contributed by atoms with E-state index in [-0.39, 0.29) is 5.60 Å². The minimum absolute atomic E-state index is 0.314. The number of ether oxygens (including phenoxy) is 2. The van der Waals surface area contributed by atoms with E-state index in [2.05, 4.69) is 10.1 Å². The Bertz CT molecular complexity index is 524. The quantitative estimate of drug-likeness (QED) is 0.873. The van der Waals surface area contributed by atoms with Crippen LogP contribution in [0.3, 0.4) is 0 Å². The Morgan fingerprint density at radius 3 is 2.89 bits per heavy atom. The van der Waals surface area contributed by atoms with Gasteiger partial charge in [0, 0.05) is 12.0 Å². The van der Waals surface area contributed by atoms with Gasteiger partial charge in [-0.15, -0.1) is 0 Å². The first-order valence-electron chi connectivity index (χ1n) is 5.84. The molecule has 0 atom stereocenters. The molecule has 6 heteroatoms. The van der Waals surface area contributed by atoms with Gasteiger partial charge in [-0.25, -0.2) is 9.59 Å². The fourth-order valence-electron chi connectivity index (χ4n) is 1.99. The summed E-state index contributed by atoms with van der Waals surface area (Å²) in [5.74, 6) is -0.592. The summed E-state index contributed by atoms with van der Waals surface area (Å²) < 4.78 is 10.3. The Balaban J connectivity index is 2.09. The van der Waals surface area contributed by atoms with Gasteiger partial charge in [-0.05, 0) is 19.9 Å². The number of fused-ring (bicyclic) bond motifs is 1. The molecular formula is C13H15NO5. The molecule has 1 heterocycles. The zero-order valence-electron chi connectivity index (χ0n) is 10.7. The zero-order valence-corrected chi connectivity index (χ0v) is 10.7. The van der Waals surface area contributed by atoms with Crippen LogP contribution in [-0.2, 0) is 16.0 Å². The van der Waals surface area contributed by atoms with Crippen LogP contribution in [0.15, 0.2) is 18.2 Å². The highest BCUT2D eigenvalue weighted by Gasteiger charge is 2.32. The minimum Gasteiger partial charge on any atom is -0.485 e. The predicted octanol–water partition coefficient (Wildman–Crippen LogP) is 2.03. The lowest BCUT2D eigenvalue weighted by Gasteiger charge is -2.18. The Morgan fingerprint density at radius 2 is 2.21 bits per heavy atom. The number of carboxylic acids is 1. The molecule has 0 unspecified atom stereocenters. The maximum absolute atomic E-state index is 11.4. The number of benzene rings is 1. The van der Waals surface area contributed by atoms with Gasteiger partial charge >= 0.3 is 12.1 Å². The van der Waals surface area contributed by atoms with Crippen LogP contribution in [0.25, 0.3) is 0 Å². The number of aliphatic carboxylic acids is 1. The molecule has 1 aliphatic rings. The van der Waals surface area contributed by atoms with Gasteiger partial charge in [-0.3, -0.25) is 5.32 Å². The monoisotopic (exact) mass is 265 g/mol. The summed E-state index contributed by atoms with van der Waals surface area (Å²) in [6.45, 7) is 3.24. The fourth-order valence-corrected chi connectivity index (χ4v) is 1.99. The number of hydrogen-bond donors (Lipinski definition) is 2. The van der Waals surface area contributed by atoms with E-state index in [1.165, 1.54) is 0 Å². The van der Waals surface area contributed by atoms with E-state index in [1.807, 2.05) is 19.9 Å². The van der Waals surface area contributed by atoms with Gasteiger partial charge in [0.1, 0.15) is 11.4 Å². The predicted molar refractivity (Wildman–Crippen MR) is 67.5 cm³/mol. The molecule has 1 aromatic rings. The number of amides is 1. The van der Waals surface area contributed by atoms with Gasteiger partial charge in [0.2, 0.25) is 0 Å². The highest BCUT2D eigenvalue weighted by atomic mass is 16.6. The van der Waals surface area contributed by atoms with Crippen LogP contribution in [0, 0.1) is 0 Å². The molecule has 0 saturated heterocycles. The van der Waals surface area contributed by atoms with Gasteiger partial charge in [0.25, 0.3) is 0 Å². The van der Waals surface area contributed by atoms with Crippen molar-refractivity contribution in [2.75, 3.05) is 11.9 Å². The topological polar surface area (TPSA) is 84.9 Å². The van der Waals surface area contributed by atoms with Crippen molar-refractivity contribution in [2.45, 2.75) is 25.9 Å². The second-order valence-electron chi connectivity index (χ2n) is 4.93. The average Bonchev–Trinajstić information content (AvgIpc) is 2.62. The van der Waals surface area contributed by atoms with Crippen molar-refractivity contribution < 1.29 is 24.2 Å². The number of carboxylic acid groups (broad SMARTS) is 1. The summed E-state index contributed by atoms with van der Waals surface area (Å²) >= 11 is 0. The lowest BCUT2D eigenvalue weighted by atomic mass is 10.0. The smallest absolute Gasteiger partial charge is 0.412 e. The summed E-state index contributed by atoms with van der Waals surface area (Å²) in [4.78, 5) is 21.7.